The van der Waals surface area contributed by atoms with E-state index in [-0.39, 0.29) is 0 Å². The molecule has 0 saturated carbocycles. The average molecular weight is 264 g/mol. The van der Waals surface area contributed by atoms with Gasteiger partial charge in [-0.15, -0.1) is 0 Å². The number of hydrogen-bond acceptors (Lipinski definition) is 3. The second-order valence-electron chi connectivity index (χ2n) is 4.95. The van der Waals surface area contributed by atoms with Gasteiger partial charge in [-0.3, -0.25) is 0 Å². The van der Waals surface area contributed by atoms with Crippen molar-refractivity contribution >= 4 is 17.3 Å². The van der Waals surface area contributed by atoms with E-state index in [2.05, 4.69) is 23.3 Å². The van der Waals surface area contributed by atoms with Crippen LogP contribution in [0.3, 0.4) is 0 Å². The first-order valence-electron chi connectivity index (χ1n) is 6.31. The van der Waals surface area contributed by atoms with Crippen molar-refractivity contribution in [3.63, 3.8) is 0 Å². The molecule has 1 aromatic rings. The minimum Gasteiger partial charge on any atom is -0.384 e. The highest BCUT2D eigenvalue weighted by Crippen LogP contribution is 2.22. The molecule has 1 fully saturated rings. The first kappa shape index (κ1) is 13.2. The van der Waals surface area contributed by atoms with Gasteiger partial charge < -0.3 is 10.2 Å². The predicted molar refractivity (Wildman–Crippen MR) is 74.9 cm³/mol. The van der Waals surface area contributed by atoms with Gasteiger partial charge in [0.1, 0.15) is 6.07 Å². The zero-order chi connectivity index (χ0) is 13.0. The number of benzene rings is 1. The Bertz CT molecular complexity index is 453. The fourth-order valence-corrected chi connectivity index (χ4v) is 2.63. The van der Waals surface area contributed by atoms with Crippen LogP contribution >= 0.6 is 11.6 Å². The van der Waals surface area contributed by atoms with Crippen LogP contribution in [0.15, 0.2) is 18.2 Å². The van der Waals surface area contributed by atoms with Gasteiger partial charge in [-0.25, -0.2) is 0 Å². The zero-order valence-corrected chi connectivity index (χ0v) is 11.4. The molecule has 0 aromatic heterocycles. The highest BCUT2D eigenvalue weighted by molar-refractivity contribution is 6.30. The lowest BCUT2D eigenvalue weighted by molar-refractivity contribution is 0.217. The van der Waals surface area contributed by atoms with Crippen molar-refractivity contribution in [1.29, 1.82) is 5.26 Å². The van der Waals surface area contributed by atoms with Crippen LogP contribution in [0.2, 0.25) is 5.02 Å². The summed E-state index contributed by atoms with van der Waals surface area (Å²) >= 11 is 5.96. The number of anilines is 1. The van der Waals surface area contributed by atoms with Gasteiger partial charge in [0.15, 0.2) is 0 Å². The van der Waals surface area contributed by atoms with Crippen molar-refractivity contribution in [2.45, 2.75) is 12.8 Å². The molecule has 1 aromatic carbocycles. The second-order valence-corrected chi connectivity index (χ2v) is 5.39. The number of likely N-dealkylation sites (tertiary alicyclic amines) is 1. The zero-order valence-electron chi connectivity index (χ0n) is 10.6. The minimum absolute atomic E-state index is 0.647. The first-order chi connectivity index (χ1) is 8.69. The summed E-state index contributed by atoms with van der Waals surface area (Å²) in [7, 11) is 2.16. The Kier molecular flexibility index (Phi) is 4.46. The predicted octanol–water partition coefficient (Wildman–Crippen LogP) is 2.97. The Morgan fingerprint density at radius 1 is 1.56 bits per heavy atom. The van der Waals surface area contributed by atoms with E-state index in [1.54, 1.807) is 12.1 Å². The van der Waals surface area contributed by atoms with Crippen LogP contribution in [0.1, 0.15) is 18.4 Å². The van der Waals surface area contributed by atoms with Crippen molar-refractivity contribution in [2.75, 3.05) is 32.0 Å². The van der Waals surface area contributed by atoms with Crippen molar-refractivity contribution in [1.82, 2.24) is 4.90 Å². The molecule has 0 aliphatic carbocycles. The molecule has 0 amide bonds. The lowest BCUT2D eigenvalue weighted by atomic mass is 9.98. The van der Waals surface area contributed by atoms with Gasteiger partial charge in [0, 0.05) is 18.1 Å². The third-order valence-electron chi connectivity index (χ3n) is 3.41. The van der Waals surface area contributed by atoms with Crippen molar-refractivity contribution in [3.05, 3.63) is 28.8 Å². The molecule has 1 unspecified atom stereocenters. The fourth-order valence-electron chi connectivity index (χ4n) is 2.45. The quantitative estimate of drug-likeness (QED) is 0.911. The topological polar surface area (TPSA) is 39.1 Å². The maximum atomic E-state index is 9.05. The molecule has 0 spiro atoms. The van der Waals surface area contributed by atoms with E-state index in [0.717, 1.165) is 18.8 Å². The molecule has 1 saturated heterocycles. The number of halogens is 1. The molecule has 1 aliphatic rings. The third-order valence-corrected chi connectivity index (χ3v) is 3.64. The summed E-state index contributed by atoms with van der Waals surface area (Å²) < 4.78 is 0. The molecule has 0 bridgehead atoms. The van der Waals surface area contributed by atoms with Crippen LogP contribution in [-0.2, 0) is 0 Å². The highest BCUT2D eigenvalue weighted by atomic mass is 35.5. The summed E-state index contributed by atoms with van der Waals surface area (Å²) in [6.45, 7) is 3.21. The second kappa shape index (κ2) is 6.08. The summed E-state index contributed by atoms with van der Waals surface area (Å²) in [5, 5.41) is 13.1. The van der Waals surface area contributed by atoms with Gasteiger partial charge in [0.25, 0.3) is 0 Å². The lowest BCUT2D eigenvalue weighted by Crippen LogP contribution is -2.35. The molecular formula is C14H18ClN3. The number of hydrogen-bond donors (Lipinski definition) is 1. The van der Waals surface area contributed by atoms with Crippen LogP contribution in [0.5, 0.6) is 0 Å². The fraction of sp³-hybridized carbons (Fsp3) is 0.500. The van der Waals surface area contributed by atoms with Crippen LogP contribution < -0.4 is 5.32 Å². The van der Waals surface area contributed by atoms with Crippen LogP contribution in [0.25, 0.3) is 0 Å². The number of nitrogens with one attached hydrogen (secondary N) is 1. The van der Waals surface area contributed by atoms with E-state index >= 15 is 0 Å². The lowest BCUT2D eigenvalue weighted by Gasteiger charge is -2.30. The van der Waals surface area contributed by atoms with Gasteiger partial charge in [-0.2, -0.15) is 5.26 Å². The summed E-state index contributed by atoms with van der Waals surface area (Å²) in [6.07, 6.45) is 2.50. The largest absolute Gasteiger partial charge is 0.384 e. The molecular weight excluding hydrogens is 246 g/mol. The first-order valence-corrected chi connectivity index (χ1v) is 6.69. The minimum atomic E-state index is 0.647. The van der Waals surface area contributed by atoms with Gasteiger partial charge in [0.2, 0.25) is 0 Å². The standard InChI is InChI=1S/C14H18ClN3/c1-18-6-2-3-11(10-18)9-17-14-7-13(15)5-4-12(14)8-16/h4-5,7,11,17H,2-3,6,9-10H2,1H3. The Hall–Kier alpha value is -1.24. The van der Waals surface area contributed by atoms with E-state index < -0.39 is 0 Å². The van der Waals surface area contributed by atoms with E-state index in [9.17, 15) is 0 Å². The SMILES string of the molecule is CN1CCCC(CNc2cc(Cl)ccc2C#N)C1. The van der Waals surface area contributed by atoms with Crippen molar-refractivity contribution in [3.8, 4) is 6.07 Å². The molecule has 1 aliphatic heterocycles. The molecule has 1 heterocycles. The van der Waals surface area contributed by atoms with Gasteiger partial charge in [-0.05, 0) is 50.6 Å². The molecule has 1 N–H and O–H groups in total. The molecule has 96 valence electrons. The van der Waals surface area contributed by atoms with E-state index in [1.165, 1.54) is 19.4 Å². The molecule has 3 nitrogen and oxygen atoms in total. The van der Waals surface area contributed by atoms with Crippen LogP contribution in [0.4, 0.5) is 5.69 Å². The number of piperidine rings is 1. The van der Waals surface area contributed by atoms with Crippen molar-refractivity contribution in [2.24, 2.45) is 5.92 Å². The van der Waals surface area contributed by atoms with E-state index in [1.807, 2.05) is 6.07 Å². The number of nitrogens with zero attached hydrogens (tertiary/aromatic N) is 2. The van der Waals surface area contributed by atoms with E-state index in [0.29, 0.717) is 16.5 Å². The Labute approximate surface area is 113 Å². The van der Waals surface area contributed by atoms with Crippen LogP contribution in [0, 0.1) is 17.2 Å². The Balaban J connectivity index is 1.97. The van der Waals surface area contributed by atoms with Crippen LogP contribution in [-0.4, -0.2) is 31.6 Å². The smallest absolute Gasteiger partial charge is 0.101 e. The summed E-state index contributed by atoms with van der Waals surface area (Å²) in [5.41, 5.74) is 1.50. The van der Waals surface area contributed by atoms with Gasteiger partial charge >= 0.3 is 0 Å². The third kappa shape index (κ3) is 3.38. The normalized spacial score (nSPS) is 20.4. The molecule has 18 heavy (non-hydrogen) atoms. The summed E-state index contributed by atoms with van der Waals surface area (Å²) in [5.74, 6) is 0.647. The maximum Gasteiger partial charge on any atom is 0.101 e. The van der Waals surface area contributed by atoms with E-state index in [4.69, 9.17) is 16.9 Å². The van der Waals surface area contributed by atoms with Gasteiger partial charge in [-0.1, -0.05) is 11.6 Å². The number of rotatable bonds is 3. The van der Waals surface area contributed by atoms with Gasteiger partial charge in [0.05, 0.1) is 11.3 Å². The molecule has 2 rings (SSSR count). The Morgan fingerprint density at radius 2 is 2.39 bits per heavy atom. The highest BCUT2D eigenvalue weighted by Gasteiger charge is 2.17. The summed E-state index contributed by atoms with van der Waals surface area (Å²) in [4.78, 5) is 2.36. The Morgan fingerprint density at radius 3 is 3.11 bits per heavy atom. The average Bonchev–Trinajstić information content (AvgIpc) is 2.37. The maximum absolute atomic E-state index is 9.05. The van der Waals surface area contributed by atoms with Crippen molar-refractivity contribution < 1.29 is 0 Å². The summed E-state index contributed by atoms with van der Waals surface area (Å²) in [6, 6.07) is 7.53. The molecule has 1 atom stereocenters. The molecule has 4 heteroatoms. The monoisotopic (exact) mass is 263 g/mol. The number of nitriles is 1. The molecule has 0 radical (unpaired) electrons.